The molecule has 4 N–H and O–H groups in total. The van der Waals surface area contributed by atoms with E-state index in [1.165, 1.54) is 15.3 Å². The molecule has 0 fully saturated rings. The van der Waals surface area contributed by atoms with Gasteiger partial charge in [-0.1, -0.05) is 0 Å². The Morgan fingerprint density at radius 3 is 2.75 bits per heavy atom. The van der Waals surface area contributed by atoms with Gasteiger partial charge in [0.25, 0.3) is 0 Å². The smallest absolute Gasteiger partial charge is 0.142 e. The minimum absolute atomic E-state index is 0.241. The van der Waals surface area contributed by atoms with Gasteiger partial charge in [-0.2, -0.15) is 5.10 Å². The van der Waals surface area contributed by atoms with Crippen LogP contribution in [0.5, 0.6) is 0 Å². The number of rotatable bonds is 3. The first-order valence-corrected chi connectivity index (χ1v) is 6.02. The van der Waals surface area contributed by atoms with E-state index in [0.29, 0.717) is 5.82 Å². The fourth-order valence-electron chi connectivity index (χ4n) is 1.80. The minimum atomic E-state index is 0.241. The van der Waals surface area contributed by atoms with Crippen molar-refractivity contribution < 1.29 is 0 Å². The molecule has 2 rings (SSSR count). The molecule has 2 aromatic heterocycles. The van der Waals surface area contributed by atoms with Crippen molar-refractivity contribution in [1.82, 2.24) is 10.2 Å². The number of nitrogens with two attached hydrogens (primary N) is 1. The van der Waals surface area contributed by atoms with E-state index < -0.39 is 0 Å². The summed E-state index contributed by atoms with van der Waals surface area (Å²) in [6.07, 6.45) is 1.71. The Balaban J connectivity index is 2.17. The van der Waals surface area contributed by atoms with Crippen LogP contribution < -0.4 is 11.1 Å². The lowest BCUT2D eigenvalue weighted by Crippen LogP contribution is -2.07. The molecule has 0 spiro atoms. The highest BCUT2D eigenvalue weighted by Crippen LogP contribution is 2.29. The fraction of sp³-hybridized carbons (Fsp3) is 0.364. The van der Waals surface area contributed by atoms with Gasteiger partial charge >= 0.3 is 0 Å². The fourth-order valence-corrected chi connectivity index (χ4v) is 2.82. The van der Waals surface area contributed by atoms with E-state index in [0.717, 1.165) is 5.69 Å². The lowest BCUT2D eigenvalue weighted by atomic mass is 10.1. The first kappa shape index (κ1) is 11.0. The minimum Gasteiger partial charge on any atom is -0.382 e. The van der Waals surface area contributed by atoms with Crippen LogP contribution in [-0.4, -0.2) is 10.2 Å². The van der Waals surface area contributed by atoms with Crippen LogP contribution in [0.4, 0.5) is 11.5 Å². The van der Waals surface area contributed by atoms with Gasteiger partial charge in [0.1, 0.15) is 5.82 Å². The molecule has 0 saturated carbocycles. The maximum atomic E-state index is 5.73. The van der Waals surface area contributed by atoms with E-state index in [4.69, 9.17) is 5.73 Å². The molecule has 0 bridgehead atoms. The van der Waals surface area contributed by atoms with E-state index in [-0.39, 0.29) is 6.04 Å². The molecule has 16 heavy (non-hydrogen) atoms. The van der Waals surface area contributed by atoms with Gasteiger partial charge in [-0.25, -0.2) is 0 Å². The Morgan fingerprint density at radius 2 is 2.25 bits per heavy atom. The second-order valence-corrected chi connectivity index (χ2v) is 5.39. The number of thiophene rings is 1. The zero-order valence-electron chi connectivity index (χ0n) is 9.66. The third-order valence-corrected chi connectivity index (χ3v) is 3.57. The Bertz CT molecular complexity index is 486. The van der Waals surface area contributed by atoms with E-state index in [9.17, 15) is 0 Å². The molecule has 5 heteroatoms. The predicted octanol–water partition coefficient (Wildman–Crippen LogP) is 2.84. The molecule has 2 heterocycles. The second kappa shape index (κ2) is 4.17. The molecule has 1 atom stereocenters. The number of hydrogen-bond donors (Lipinski definition) is 3. The van der Waals surface area contributed by atoms with Crippen LogP contribution in [0, 0.1) is 13.8 Å². The van der Waals surface area contributed by atoms with Gasteiger partial charge < -0.3 is 11.1 Å². The summed E-state index contributed by atoms with van der Waals surface area (Å²) in [5.41, 5.74) is 7.91. The number of aromatic amines is 1. The summed E-state index contributed by atoms with van der Waals surface area (Å²) in [7, 11) is 0. The van der Waals surface area contributed by atoms with Crippen LogP contribution in [-0.2, 0) is 0 Å². The SMILES string of the molecule is Cc1cc(C(C)Nc2cn[nH]c2N)c(C)s1. The Kier molecular flexibility index (Phi) is 2.87. The molecule has 0 aliphatic heterocycles. The summed E-state index contributed by atoms with van der Waals surface area (Å²) in [5, 5.41) is 9.95. The van der Waals surface area contributed by atoms with E-state index >= 15 is 0 Å². The van der Waals surface area contributed by atoms with Crippen LogP contribution >= 0.6 is 11.3 Å². The van der Waals surface area contributed by atoms with Crippen molar-refractivity contribution in [3.8, 4) is 0 Å². The number of anilines is 2. The maximum Gasteiger partial charge on any atom is 0.142 e. The number of nitrogens with zero attached hydrogens (tertiary/aromatic N) is 1. The largest absolute Gasteiger partial charge is 0.382 e. The highest BCUT2D eigenvalue weighted by atomic mass is 32.1. The number of nitrogen functional groups attached to an aromatic ring is 1. The molecule has 0 aliphatic carbocycles. The van der Waals surface area contributed by atoms with Gasteiger partial charge in [0.05, 0.1) is 11.9 Å². The highest BCUT2D eigenvalue weighted by Gasteiger charge is 2.12. The van der Waals surface area contributed by atoms with E-state index in [1.54, 1.807) is 6.20 Å². The van der Waals surface area contributed by atoms with Crippen LogP contribution in [0.2, 0.25) is 0 Å². The van der Waals surface area contributed by atoms with Crippen molar-refractivity contribution in [2.45, 2.75) is 26.8 Å². The van der Waals surface area contributed by atoms with Crippen molar-refractivity contribution in [3.63, 3.8) is 0 Å². The zero-order chi connectivity index (χ0) is 11.7. The van der Waals surface area contributed by atoms with Gasteiger partial charge in [-0.3, -0.25) is 5.10 Å². The summed E-state index contributed by atoms with van der Waals surface area (Å²) >= 11 is 1.82. The summed E-state index contributed by atoms with van der Waals surface area (Å²) in [6.45, 7) is 6.39. The number of nitrogens with one attached hydrogen (secondary N) is 2. The molecule has 4 nitrogen and oxygen atoms in total. The third-order valence-electron chi connectivity index (χ3n) is 2.59. The number of aryl methyl sites for hydroxylation is 2. The molecule has 2 aromatic rings. The van der Waals surface area contributed by atoms with E-state index in [2.05, 4.69) is 42.4 Å². The summed E-state index contributed by atoms with van der Waals surface area (Å²) in [5.74, 6) is 0.580. The molecule has 0 aromatic carbocycles. The van der Waals surface area contributed by atoms with Gasteiger partial charge in [0.2, 0.25) is 0 Å². The van der Waals surface area contributed by atoms with Crippen molar-refractivity contribution in [2.75, 3.05) is 11.1 Å². The Labute approximate surface area is 98.9 Å². The van der Waals surface area contributed by atoms with Crippen LogP contribution in [0.15, 0.2) is 12.3 Å². The number of aromatic nitrogens is 2. The zero-order valence-corrected chi connectivity index (χ0v) is 10.5. The molecule has 1 unspecified atom stereocenters. The third kappa shape index (κ3) is 2.04. The van der Waals surface area contributed by atoms with Crippen LogP contribution in [0.3, 0.4) is 0 Å². The van der Waals surface area contributed by atoms with Crippen LogP contribution in [0.25, 0.3) is 0 Å². The average Bonchev–Trinajstić information content (AvgIpc) is 2.74. The lowest BCUT2D eigenvalue weighted by Gasteiger charge is -2.14. The van der Waals surface area contributed by atoms with Crippen molar-refractivity contribution in [2.24, 2.45) is 0 Å². The molecule has 0 aliphatic rings. The van der Waals surface area contributed by atoms with E-state index in [1.807, 2.05) is 11.3 Å². The summed E-state index contributed by atoms with van der Waals surface area (Å²) < 4.78 is 0. The average molecular weight is 236 g/mol. The first-order chi connectivity index (χ1) is 7.58. The standard InChI is InChI=1S/C11H16N4S/c1-6-4-9(8(3)16-6)7(2)14-10-5-13-15-11(10)12/h4-5,7,14H,1-3H3,(H3,12,13,15). The number of H-pyrrole nitrogens is 1. The Hall–Kier alpha value is -1.49. The molecular formula is C11H16N4S. The highest BCUT2D eigenvalue weighted by molar-refractivity contribution is 7.12. The quantitative estimate of drug-likeness (QED) is 0.767. The predicted molar refractivity (Wildman–Crippen MR) is 68.8 cm³/mol. The Morgan fingerprint density at radius 1 is 1.50 bits per heavy atom. The molecule has 0 amide bonds. The molecule has 86 valence electrons. The summed E-state index contributed by atoms with van der Waals surface area (Å²) in [6, 6.07) is 2.46. The van der Waals surface area contributed by atoms with Crippen molar-refractivity contribution in [1.29, 1.82) is 0 Å². The second-order valence-electron chi connectivity index (χ2n) is 3.93. The lowest BCUT2D eigenvalue weighted by molar-refractivity contribution is 0.882. The van der Waals surface area contributed by atoms with Gasteiger partial charge in [0.15, 0.2) is 0 Å². The number of hydrogen-bond acceptors (Lipinski definition) is 4. The molecule has 0 radical (unpaired) electrons. The van der Waals surface area contributed by atoms with Gasteiger partial charge in [-0.05, 0) is 32.4 Å². The van der Waals surface area contributed by atoms with Gasteiger partial charge in [-0.15, -0.1) is 11.3 Å². The van der Waals surface area contributed by atoms with Gasteiger partial charge in [0, 0.05) is 15.8 Å². The molecular weight excluding hydrogens is 220 g/mol. The first-order valence-electron chi connectivity index (χ1n) is 5.20. The topological polar surface area (TPSA) is 66.7 Å². The van der Waals surface area contributed by atoms with Crippen LogP contribution in [0.1, 0.15) is 28.3 Å². The normalized spacial score (nSPS) is 12.7. The van der Waals surface area contributed by atoms with Crippen molar-refractivity contribution in [3.05, 3.63) is 27.6 Å². The summed E-state index contributed by atoms with van der Waals surface area (Å²) in [4.78, 5) is 2.68. The molecule has 0 saturated heterocycles. The maximum absolute atomic E-state index is 5.73. The monoisotopic (exact) mass is 236 g/mol. The van der Waals surface area contributed by atoms with Crippen molar-refractivity contribution >= 4 is 22.8 Å².